The molecule has 0 saturated carbocycles. The predicted octanol–water partition coefficient (Wildman–Crippen LogP) is 2.32. The van der Waals surface area contributed by atoms with Gasteiger partial charge in [-0.15, -0.1) is 0 Å². The minimum atomic E-state index is 0.118. The van der Waals surface area contributed by atoms with E-state index >= 15 is 0 Å². The van der Waals surface area contributed by atoms with Gasteiger partial charge in [-0.1, -0.05) is 24.3 Å². The van der Waals surface area contributed by atoms with Gasteiger partial charge in [-0.05, 0) is 37.4 Å². The van der Waals surface area contributed by atoms with Crippen molar-refractivity contribution in [3.05, 3.63) is 35.4 Å². The monoisotopic (exact) mass is 248 g/mol. The van der Waals surface area contributed by atoms with E-state index in [1.165, 1.54) is 30.5 Å². The molecule has 1 aliphatic rings. The first-order chi connectivity index (χ1) is 8.69. The van der Waals surface area contributed by atoms with Crippen molar-refractivity contribution >= 4 is 0 Å². The number of hydrogen-bond acceptors (Lipinski definition) is 3. The SMILES string of the molecule is COC1CCCN(Cc2ccc(C(C)N)cc2)C1. The average molecular weight is 248 g/mol. The average Bonchev–Trinajstić information content (AvgIpc) is 2.39. The van der Waals surface area contributed by atoms with Crippen molar-refractivity contribution in [1.29, 1.82) is 0 Å². The Bertz CT molecular complexity index is 361. The molecule has 1 aromatic rings. The summed E-state index contributed by atoms with van der Waals surface area (Å²) in [4.78, 5) is 2.47. The highest BCUT2D eigenvalue weighted by molar-refractivity contribution is 5.24. The van der Waals surface area contributed by atoms with E-state index in [1.54, 1.807) is 0 Å². The number of hydrogen-bond donors (Lipinski definition) is 1. The van der Waals surface area contributed by atoms with Crippen molar-refractivity contribution in [2.24, 2.45) is 5.73 Å². The van der Waals surface area contributed by atoms with E-state index in [-0.39, 0.29) is 6.04 Å². The van der Waals surface area contributed by atoms with Gasteiger partial charge < -0.3 is 10.5 Å². The van der Waals surface area contributed by atoms with Crippen molar-refractivity contribution in [2.45, 2.75) is 38.5 Å². The Kier molecular flexibility index (Phi) is 4.75. The summed E-state index contributed by atoms with van der Waals surface area (Å²) in [6.45, 7) is 5.25. The predicted molar refractivity (Wildman–Crippen MR) is 74.4 cm³/mol. The highest BCUT2D eigenvalue weighted by Gasteiger charge is 2.19. The maximum absolute atomic E-state index is 5.86. The molecule has 2 N–H and O–H groups in total. The standard InChI is InChI=1S/C15H24N2O/c1-12(16)14-7-5-13(6-8-14)10-17-9-3-4-15(11-17)18-2/h5-8,12,15H,3-4,9-11,16H2,1-2H3. The molecular formula is C15H24N2O. The van der Waals surface area contributed by atoms with Crippen LogP contribution in [0, 0.1) is 0 Å². The molecule has 1 aromatic carbocycles. The van der Waals surface area contributed by atoms with Crippen LogP contribution in [0.2, 0.25) is 0 Å². The molecule has 2 rings (SSSR count). The summed E-state index contributed by atoms with van der Waals surface area (Å²) in [5, 5.41) is 0. The largest absolute Gasteiger partial charge is 0.380 e. The molecule has 0 bridgehead atoms. The maximum atomic E-state index is 5.86. The van der Waals surface area contributed by atoms with Gasteiger partial charge in [0.2, 0.25) is 0 Å². The van der Waals surface area contributed by atoms with Gasteiger partial charge in [0.05, 0.1) is 6.10 Å². The van der Waals surface area contributed by atoms with Crippen LogP contribution in [0.1, 0.15) is 36.9 Å². The topological polar surface area (TPSA) is 38.5 Å². The van der Waals surface area contributed by atoms with Crippen molar-refractivity contribution in [1.82, 2.24) is 4.90 Å². The molecule has 1 heterocycles. The number of likely N-dealkylation sites (tertiary alicyclic amines) is 1. The van der Waals surface area contributed by atoms with Crippen LogP contribution in [0.15, 0.2) is 24.3 Å². The van der Waals surface area contributed by atoms with Crippen molar-refractivity contribution in [2.75, 3.05) is 20.2 Å². The molecule has 3 heteroatoms. The molecule has 100 valence electrons. The zero-order valence-corrected chi connectivity index (χ0v) is 11.4. The second-order valence-electron chi connectivity index (χ2n) is 5.27. The number of benzene rings is 1. The second kappa shape index (κ2) is 6.32. The third-order valence-electron chi connectivity index (χ3n) is 3.71. The minimum absolute atomic E-state index is 0.118. The number of rotatable bonds is 4. The Balaban J connectivity index is 1.92. The second-order valence-corrected chi connectivity index (χ2v) is 5.27. The van der Waals surface area contributed by atoms with Gasteiger partial charge in [0.15, 0.2) is 0 Å². The van der Waals surface area contributed by atoms with Crippen LogP contribution >= 0.6 is 0 Å². The summed E-state index contributed by atoms with van der Waals surface area (Å²) in [5.41, 5.74) is 8.42. The number of piperidine rings is 1. The van der Waals surface area contributed by atoms with Gasteiger partial charge in [-0.25, -0.2) is 0 Å². The summed E-state index contributed by atoms with van der Waals surface area (Å²) < 4.78 is 5.45. The first-order valence-corrected chi connectivity index (χ1v) is 6.78. The van der Waals surface area contributed by atoms with Crippen LogP contribution in [-0.2, 0) is 11.3 Å². The van der Waals surface area contributed by atoms with E-state index in [4.69, 9.17) is 10.5 Å². The Morgan fingerprint density at radius 3 is 2.72 bits per heavy atom. The van der Waals surface area contributed by atoms with Crippen LogP contribution in [-0.4, -0.2) is 31.2 Å². The Labute approximate surface area is 110 Å². The first kappa shape index (κ1) is 13.5. The molecule has 0 spiro atoms. The molecule has 1 saturated heterocycles. The third kappa shape index (κ3) is 3.55. The maximum Gasteiger partial charge on any atom is 0.0698 e. The number of ether oxygens (including phenoxy) is 1. The van der Waals surface area contributed by atoms with E-state index in [9.17, 15) is 0 Å². The summed E-state index contributed by atoms with van der Waals surface area (Å²) in [6, 6.07) is 8.77. The molecule has 2 atom stereocenters. The smallest absolute Gasteiger partial charge is 0.0698 e. The van der Waals surface area contributed by atoms with Crippen LogP contribution in [0.25, 0.3) is 0 Å². The van der Waals surface area contributed by atoms with Gasteiger partial charge in [0, 0.05) is 26.2 Å². The molecular weight excluding hydrogens is 224 g/mol. The zero-order valence-electron chi connectivity index (χ0n) is 11.4. The van der Waals surface area contributed by atoms with Crippen LogP contribution < -0.4 is 5.73 Å². The Hall–Kier alpha value is -0.900. The van der Waals surface area contributed by atoms with Crippen LogP contribution in [0.4, 0.5) is 0 Å². The summed E-state index contributed by atoms with van der Waals surface area (Å²) in [6.07, 6.45) is 2.83. The number of methoxy groups -OCH3 is 1. The fraction of sp³-hybridized carbons (Fsp3) is 0.600. The van der Waals surface area contributed by atoms with E-state index in [0.29, 0.717) is 6.10 Å². The zero-order chi connectivity index (χ0) is 13.0. The van der Waals surface area contributed by atoms with Crippen LogP contribution in [0.5, 0.6) is 0 Å². The van der Waals surface area contributed by atoms with Gasteiger partial charge in [0.1, 0.15) is 0 Å². The Morgan fingerprint density at radius 1 is 1.39 bits per heavy atom. The van der Waals surface area contributed by atoms with E-state index < -0.39 is 0 Å². The lowest BCUT2D eigenvalue weighted by Gasteiger charge is -2.31. The molecule has 0 aliphatic carbocycles. The molecule has 1 fully saturated rings. The molecule has 0 amide bonds. The summed E-state index contributed by atoms with van der Waals surface area (Å²) >= 11 is 0. The van der Waals surface area contributed by atoms with E-state index in [0.717, 1.165) is 13.1 Å². The van der Waals surface area contributed by atoms with Gasteiger partial charge in [-0.3, -0.25) is 4.90 Å². The highest BCUT2D eigenvalue weighted by Crippen LogP contribution is 2.17. The lowest BCUT2D eigenvalue weighted by molar-refractivity contribution is 0.0285. The molecule has 18 heavy (non-hydrogen) atoms. The lowest BCUT2D eigenvalue weighted by Crippen LogP contribution is -2.38. The molecule has 2 unspecified atom stereocenters. The van der Waals surface area contributed by atoms with E-state index in [1.807, 2.05) is 14.0 Å². The minimum Gasteiger partial charge on any atom is -0.380 e. The molecule has 0 aromatic heterocycles. The van der Waals surface area contributed by atoms with Crippen molar-refractivity contribution in [3.63, 3.8) is 0 Å². The first-order valence-electron chi connectivity index (χ1n) is 6.78. The molecule has 3 nitrogen and oxygen atoms in total. The third-order valence-corrected chi connectivity index (χ3v) is 3.71. The highest BCUT2D eigenvalue weighted by atomic mass is 16.5. The fourth-order valence-corrected chi connectivity index (χ4v) is 2.53. The fourth-order valence-electron chi connectivity index (χ4n) is 2.53. The quantitative estimate of drug-likeness (QED) is 0.888. The normalized spacial score (nSPS) is 22.9. The molecule has 0 radical (unpaired) electrons. The van der Waals surface area contributed by atoms with Crippen LogP contribution in [0.3, 0.4) is 0 Å². The number of nitrogens with zero attached hydrogens (tertiary/aromatic N) is 1. The van der Waals surface area contributed by atoms with E-state index in [2.05, 4.69) is 29.2 Å². The van der Waals surface area contributed by atoms with Crippen molar-refractivity contribution in [3.8, 4) is 0 Å². The van der Waals surface area contributed by atoms with Gasteiger partial charge in [0.25, 0.3) is 0 Å². The molecule has 1 aliphatic heterocycles. The lowest BCUT2D eigenvalue weighted by atomic mass is 10.0. The van der Waals surface area contributed by atoms with Gasteiger partial charge >= 0.3 is 0 Å². The number of nitrogens with two attached hydrogens (primary N) is 1. The summed E-state index contributed by atoms with van der Waals surface area (Å²) in [5.74, 6) is 0. The van der Waals surface area contributed by atoms with Gasteiger partial charge in [-0.2, -0.15) is 0 Å². The van der Waals surface area contributed by atoms with Crippen molar-refractivity contribution < 1.29 is 4.74 Å². The Morgan fingerprint density at radius 2 is 2.11 bits per heavy atom. The summed E-state index contributed by atoms with van der Waals surface area (Å²) in [7, 11) is 1.81.